The minimum absolute atomic E-state index is 0.436. The van der Waals surface area contributed by atoms with E-state index in [-0.39, 0.29) is 0 Å². The molecule has 1 aliphatic rings. The molecule has 1 fully saturated rings. The second-order valence-corrected chi connectivity index (χ2v) is 4.93. The summed E-state index contributed by atoms with van der Waals surface area (Å²) in [5.74, 6) is 0.808. The first-order chi connectivity index (χ1) is 8.27. The molecule has 1 saturated carbocycles. The van der Waals surface area contributed by atoms with Gasteiger partial charge in [-0.15, -0.1) is 0 Å². The second kappa shape index (κ2) is 8.90. The van der Waals surface area contributed by atoms with Gasteiger partial charge in [-0.3, -0.25) is 0 Å². The van der Waals surface area contributed by atoms with E-state index >= 15 is 0 Å². The van der Waals surface area contributed by atoms with Crippen LogP contribution >= 0.6 is 0 Å². The Bertz CT molecular complexity index is 172. The molecule has 17 heavy (non-hydrogen) atoms. The first-order valence-electron chi connectivity index (χ1n) is 7.19. The number of hydrogen-bond acceptors (Lipinski definition) is 3. The van der Waals surface area contributed by atoms with Crippen molar-refractivity contribution in [2.45, 2.75) is 71.2 Å². The zero-order chi connectivity index (χ0) is 12.5. The zero-order valence-electron chi connectivity index (χ0n) is 11.4. The molecule has 0 bridgehead atoms. The van der Waals surface area contributed by atoms with Crippen molar-refractivity contribution in [3.05, 3.63) is 0 Å². The summed E-state index contributed by atoms with van der Waals surface area (Å²) in [6.45, 7) is 5.04. The molecule has 0 aromatic rings. The maximum absolute atomic E-state index is 10.1. The van der Waals surface area contributed by atoms with E-state index in [0.717, 1.165) is 18.8 Å². The van der Waals surface area contributed by atoms with Crippen LogP contribution in [0.1, 0.15) is 58.8 Å². The molecule has 102 valence electrons. The van der Waals surface area contributed by atoms with Crippen molar-refractivity contribution >= 4 is 0 Å². The SMILES string of the molecule is CCOC(OCC)C(O)CCC1CCCCC1. The molecule has 0 aromatic heterocycles. The monoisotopic (exact) mass is 244 g/mol. The van der Waals surface area contributed by atoms with Crippen molar-refractivity contribution in [1.29, 1.82) is 0 Å². The number of ether oxygens (including phenoxy) is 2. The average Bonchev–Trinajstić information content (AvgIpc) is 2.37. The van der Waals surface area contributed by atoms with E-state index in [9.17, 15) is 5.11 Å². The molecule has 1 aliphatic carbocycles. The van der Waals surface area contributed by atoms with Crippen molar-refractivity contribution in [1.82, 2.24) is 0 Å². The van der Waals surface area contributed by atoms with E-state index in [1.54, 1.807) is 0 Å². The van der Waals surface area contributed by atoms with E-state index in [4.69, 9.17) is 9.47 Å². The van der Waals surface area contributed by atoms with E-state index in [2.05, 4.69) is 0 Å². The molecule has 1 unspecified atom stereocenters. The predicted molar refractivity (Wildman–Crippen MR) is 68.9 cm³/mol. The van der Waals surface area contributed by atoms with Crippen molar-refractivity contribution in [2.75, 3.05) is 13.2 Å². The lowest BCUT2D eigenvalue weighted by Gasteiger charge is -2.26. The largest absolute Gasteiger partial charge is 0.388 e. The van der Waals surface area contributed by atoms with Gasteiger partial charge in [-0.1, -0.05) is 32.1 Å². The number of aliphatic hydroxyl groups is 1. The molecular formula is C14H28O3. The highest BCUT2D eigenvalue weighted by atomic mass is 16.7. The third-order valence-electron chi connectivity index (χ3n) is 3.57. The fourth-order valence-electron chi connectivity index (χ4n) is 2.62. The molecule has 1 atom stereocenters. The van der Waals surface area contributed by atoms with Gasteiger partial charge in [0.05, 0.1) is 0 Å². The van der Waals surface area contributed by atoms with Crippen LogP contribution in [0.5, 0.6) is 0 Å². The molecule has 3 nitrogen and oxygen atoms in total. The summed E-state index contributed by atoms with van der Waals surface area (Å²) in [6, 6.07) is 0. The Kier molecular flexibility index (Phi) is 7.82. The van der Waals surface area contributed by atoms with Gasteiger partial charge in [0.25, 0.3) is 0 Å². The van der Waals surface area contributed by atoms with E-state index in [1.165, 1.54) is 32.1 Å². The first-order valence-corrected chi connectivity index (χ1v) is 7.19. The maximum Gasteiger partial charge on any atom is 0.183 e. The van der Waals surface area contributed by atoms with Gasteiger partial charge >= 0.3 is 0 Å². The molecule has 1 rings (SSSR count). The number of rotatable bonds is 8. The Hall–Kier alpha value is -0.120. The molecule has 0 aliphatic heterocycles. The van der Waals surface area contributed by atoms with Crippen molar-refractivity contribution < 1.29 is 14.6 Å². The Labute approximate surface area is 105 Å². The summed E-state index contributed by atoms with van der Waals surface area (Å²) in [7, 11) is 0. The van der Waals surface area contributed by atoms with Crippen LogP contribution in [-0.2, 0) is 9.47 Å². The third kappa shape index (κ3) is 5.84. The lowest BCUT2D eigenvalue weighted by atomic mass is 9.85. The van der Waals surface area contributed by atoms with Crippen molar-refractivity contribution in [3.8, 4) is 0 Å². The fourth-order valence-corrected chi connectivity index (χ4v) is 2.62. The molecule has 0 aromatic carbocycles. The van der Waals surface area contributed by atoms with Gasteiger partial charge in [0, 0.05) is 13.2 Å². The van der Waals surface area contributed by atoms with Gasteiger partial charge in [-0.05, 0) is 32.6 Å². The Balaban J connectivity index is 2.22. The Morgan fingerprint density at radius 1 is 1.06 bits per heavy atom. The molecule has 1 N–H and O–H groups in total. The summed E-state index contributed by atoms with van der Waals surface area (Å²) < 4.78 is 10.8. The first kappa shape index (κ1) is 14.9. The fraction of sp³-hybridized carbons (Fsp3) is 1.00. The average molecular weight is 244 g/mol. The predicted octanol–water partition coefficient (Wildman–Crippen LogP) is 3.11. The van der Waals surface area contributed by atoms with Gasteiger partial charge < -0.3 is 14.6 Å². The minimum Gasteiger partial charge on any atom is -0.388 e. The van der Waals surface area contributed by atoms with Crippen LogP contribution in [0.2, 0.25) is 0 Å². The van der Waals surface area contributed by atoms with Crippen molar-refractivity contribution in [2.24, 2.45) is 5.92 Å². The van der Waals surface area contributed by atoms with Gasteiger partial charge in [-0.25, -0.2) is 0 Å². The molecule has 0 heterocycles. The zero-order valence-corrected chi connectivity index (χ0v) is 11.4. The maximum atomic E-state index is 10.1. The molecule has 0 amide bonds. The summed E-state index contributed by atoms with van der Waals surface area (Å²) in [5, 5.41) is 10.1. The van der Waals surface area contributed by atoms with Crippen LogP contribution in [0.25, 0.3) is 0 Å². The lowest BCUT2D eigenvalue weighted by molar-refractivity contribution is -0.191. The highest BCUT2D eigenvalue weighted by Crippen LogP contribution is 2.28. The molecule has 3 heteroatoms. The summed E-state index contributed by atoms with van der Waals surface area (Å²) in [6.07, 6.45) is 7.78. The highest BCUT2D eigenvalue weighted by Gasteiger charge is 2.22. The van der Waals surface area contributed by atoms with Gasteiger partial charge in [0.1, 0.15) is 6.10 Å². The van der Waals surface area contributed by atoms with E-state index < -0.39 is 12.4 Å². The standard InChI is InChI=1S/C14H28O3/c1-3-16-14(17-4-2)13(15)11-10-12-8-6-5-7-9-12/h12-15H,3-11H2,1-2H3. The summed E-state index contributed by atoms with van der Waals surface area (Å²) in [5.41, 5.74) is 0. The van der Waals surface area contributed by atoms with Crippen LogP contribution in [0.4, 0.5) is 0 Å². The minimum atomic E-state index is -0.475. The van der Waals surface area contributed by atoms with E-state index in [0.29, 0.717) is 13.2 Å². The smallest absolute Gasteiger partial charge is 0.183 e. The normalized spacial score (nSPS) is 19.8. The topological polar surface area (TPSA) is 38.7 Å². The summed E-state index contributed by atoms with van der Waals surface area (Å²) in [4.78, 5) is 0. The lowest BCUT2D eigenvalue weighted by Crippen LogP contribution is -2.32. The quantitative estimate of drug-likeness (QED) is 0.667. The Morgan fingerprint density at radius 3 is 2.18 bits per heavy atom. The Morgan fingerprint density at radius 2 is 1.65 bits per heavy atom. The molecule has 0 saturated heterocycles. The van der Waals surface area contributed by atoms with Crippen LogP contribution in [-0.4, -0.2) is 30.7 Å². The molecule has 0 radical (unpaired) electrons. The number of aliphatic hydroxyl groups excluding tert-OH is 1. The van der Waals surface area contributed by atoms with Gasteiger partial charge in [0.2, 0.25) is 0 Å². The van der Waals surface area contributed by atoms with Crippen LogP contribution in [0.15, 0.2) is 0 Å². The third-order valence-corrected chi connectivity index (χ3v) is 3.57. The molecular weight excluding hydrogens is 216 g/mol. The summed E-state index contributed by atoms with van der Waals surface area (Å²) >= 11 is 0. The van der Waals surface area contributed by atoms with E-state index in [1.807, 2.05) is 13.8 Å². The number of hydrogen-bond donors (Lipinski definition) is 1. The molecule has 0 spiro atoms. The van der Waals surface area contributed by atoms with Crippen LogP contribution < -0.4 is 0 Å². The van der Waals surface area contributed by atoms with Crippen LogP contribution in [0, 0.1) is 5.92 Å². The van der Waals surface area contributed by atoms with Crippen molar-refractivity contribution in [3.63, 3.8) is 0 Å². The van der Waals surface area contributed by atoms with Gasteiger partial charge in [0.15, 0.2) is 6.29 Å². The second-order valence-electron chi connectivity index (χ2n) is 4.93. The highest BCUT2D eigenvalue weighted by molar-refractivity contribution is 4.69. The van der Waals surface area contributed by atoms with Crippen LogP contribution in [0.3, 0.4) is 0 Å². The van der Waals surface area contributed by atoms with Gasteiger partial charge in [-0.2, -0.15) is 0 Å².